The molecular weight excluding hydrogens is 256 g/mol. The SMILES string of the molecule is CC(=O)c1cc(C)ccc1NOC(=O)c1ccncc1. The summed E-state index contributed by atoms with van der Waals surface area (Å²) in [5, 5.41) is 0. The van der Waals surface area contributed by atoms with E-state index in [4.69, 9.17) is 4.84 Å². The zero-order valence-electron chi connectivity index (χ0n) is 11.2. The summed E-state index contributed by atoms with van der Waals surface area (Å²) in [7, 11) is 0. The Kier molecular flexibility index (Phi) is 4.10. The number of anilines is 1. The maximum absolute atomic E-state index is 11.8. The second-order valence-corrected chi connectivity index (χ2v) is 4.33. The van der Waals surface area contributed by atoms with Gasteiger partial charge in [-0.05, 0) is 38.1 Å². The van der Waals surface area contributed by atoms with E-state index in [1.54, 1.807) is 24.3 Å². The number of hydrogen-bond donors (Lipinski definition) is 1. The van der Waals surface area contributed by atoms with Crippen LogP contribution < -0.4 is 5.48 Å². The number of nitrogens with one attached hydrogen (secondary N) is 1. The van der Waals surface area contributed by atoms with Gasteiger partial charge in [-0.15, -0.1) is 0 Å². The third-order valence-corrected chi connectivity index (χ3v) is 2.72. The zero-order valence-corrected chi connectivity index (χ0v) is 11.2. The van der Waals surface area contributed by atoms with Crippen LogP contribution in [0.4, 0.5) is 5.69 Å². The normalized spacial score (nSPS) is 9.90. The van der Waals surface area contributed by atoms with E-state index in [-0.39, 0.29) is 5.78 Å². The number of nitrogens with zero attached hydrogens (tertiary/aromatic N) is 1. The third kappa shape index (κ3) is 3.20. The molecule has 0 amide bonds. The Morgan fingerprint density at radius 1 is 1.15 bits per heavy atom. The first-order chi connectivity index (χ1) is 9.58. The Bertz CT molecular complexity index is 639. The van der Waals surface area contributed by atoms with Gasteiger partial charge in [0, 0.05) is 18.0 Å². The molecule has 0 aliphatic rings. The summed E-state index contributed by atoms with van der Waals surface area (Å²) in [5.41, 5.74) is 4.81. The van der Waals surface area contributed by atoms with Gasteiger partial charge in [0.05, 0.1) is 11.3 Å². The van der Waals surface area contributed by atoms with Crippen LogP contribution in [0, 0.1) is 6.92 Å². The van der Waals surface area contributed by atoms with E-state index in [0.717, 1.165) is 5.56 Å². The number of benzene rings is 1. The quantitative estimate of drug-likeness (QED) is 0.683. The number of aromatic nitrogens is 1. The molecule has 1 aromatic carbocycles. The molecule has 1 aromatic heterocycles. The lowest BCUT2D eigenvalue weighted by Gasteiger charge is -2.10. The van der Waals surface area contributed by atoms with E-state index >= 15 is 0 Å². The maximum Gasteiger partial charge on any atom is 0.362 e. The predicted molar refractivity (Wildman–Crippen MR) is 74.5 cm³/mol. The van der Waals surface area contributed by atoms with Gasteiger partial charge in [0.2, 0.25) is 0 Å². The van der Waals surface area contributed by atoms with Gasteiger partial charge in [-0.25, -0.2) is 10.3 Å². The summed E-state index contributed by atoms with van der Waals surface area (Å²) in [6.45, 7) is 3.35. The van der Waals surface area contributed by atoms with Gasteiger partial charge in [0.15, 0.2) is 5.78 Å². The van der Waals surface area contributed by atoms with E-state index in [2.05, 4.69) is 10.5 Å². The molecule has 0 saturated heterocycles. The fourth-order valence-corrected chi connectivity index (χ4v) is 1.69. The minimum atomic E-state index is -0.539. The largest absolute Gasteiger partial charge is 0.362 e. The van der Waals surface area contributed by atoms with E-state index in [1.807, 2.05) is 13.0 Å². The average molecular weight is 270 g/mol. The highest BCUT2D eigenvalue weighted by atomic mass is 16.7. The van der Waals surface area contributed by atoms with Crippen LogP contribution in [0.15, 0.2) is 42.7 Å². The van der Waals surface area contributed by atoms with Crippen LogP contribution in [0.2, 0.25) is 0 Å². The van der Waals surface area contributed by atoms with Gasteiger partial charge in [-0.1, -0.05) is 11.6 Å². The lowest BCUT2D eigenvalue weighted by atomic mass is 10.1. The van der Waals surface area contributed by atoms with Crippen molar-refractivity contribution in [1.29, 1.82) is 0 Å². The van der Waals surface area contributed by atoms with Crippen molar-refractivity contribution in [3.8, 4) is 0 Å². The summed E-state index contributed by atoms with van der Waals surface area (Å²) < 4.78 is 0. The Morgan fingerprint density at radius 2 is 1.85 bits per heavy atom. The standard InChI is InChI=1S/C15H14N2O3/c1-10-3-4-14(13(9-10)11(2)18)17-20-15(19)12-5-7-16-8-6-12/h3-9,17H,1-2H3. The number of Topliss-reactive ketones (excluding diaryl/α,β-unsaturated/α-hetero) is 1. The fourth-order valence-electron chi connectivity index (χ4n) is 1.69. The van der Waals surface area contributed by atoms with E-state index in [0.29, 0.717) is 16.8 Å². The second-order valence-electron chi connectivity index (χ2n) is 4.33. The molecule has 5 nitrogen and oxygen atoms in total. The monoisotopic (exact) mass is 270 g/mol. The zero-order chi connectivity index (χ0) is 14.5. The van der Waals surface area contributed by atoms with Gasteiger partial charge in [0.25, 0.3) is 0 Å². The molecule has 0 spiro atoms. The van der Waals surface area contributed by atoms with Crippen molar-refractivity contribution in [3.05, 3.63) is 59.4 Å². The molecule has 20 heavy (non-hydrogen) atoms. The van der Waals surface area contributed by atoms with E-state index < -0.39 is 5.97 Å². The van der Waals surface area contributed by atoms with E-state index in [1.165, 1.54) is 19.3 Å². The number of hydrogen-bond acceptors (Lipinski definition) is 5. The first-order valence-corrected chi connectivity index (χ1v) is 6.06. The van der Waals surface area contributed by atoms with Crippen LogP contribution in [0.1, 0.15) is 33.2 Å². The molecule has 2 rings (SSSR count). The molecule has 0 bridgehead atoms. The van der Waals surface area contributed by atoms with Crippen LogP contribution in [0.3, 0.4) is 0 Å². The number of ketones is 1. The molecule has 102 valence electrons. The highest BCUT2D eigenvalue weighted by Gasteiger charge is 2.11. The number of pyridine rings is 1. The van der Waals surface area contributed by atoms with Gasteiger partial charge in [-0.3, -0.25) is 9.78 Å². The molecule has 5 heteroatoms. The molecule has 0 aliphatic carbocycles. The van der Waals surface area contributed by atoms with Crippen molar-refractivity contribution in [2.24, 2.45) is 0 Å². The smallest absolute Gasteiger partial charge is 0.338 e. The first-order valence-electron chi connectivity index (χ1n) is 6.06. The minimum Gasteiger partial charge on any atom is -0.338 e. The molecule has 0 aliphatic heterocycles. The Morgan fingerprint density at radius 3 is 2.50 bits per heavy atom. The summed E-state index contributed by atoms with van der Waals surface area (Å²) in [6, 6.07) is 8.36. The number of rotatable bonds is 4. The third-order valence-electron chi connectivity index (χ3n) is 2.72. The Labute approximate surface area is 116 Å². The Hall–Kier alpha value is -2.69. The van der Waals surface area contributed by atoms with Crippen LogP contribution in [-0.2, 0) is 4.84 Å². The first kappa shape index (κ1) is 13.7. The molecule has 0 unspecified atom stereocenters. The number of carbonyl (C=O) groups is 2. The minimum absolute atomic E-state index is 0.101. The molecule has 0 radical (unpaired) electrons. The molecular formula is C15H14N2O3. The van der Waals surface area contributed by atoms with Crippen LogP contribution in [-0.4, -0.2) is 16.7 Å². The highest BCUT2D eigenvalue weighted by Crippen LogP contribution is 2.18. The Balaban J connectivity index is 2.12. The predicted octanol–water partition coefficient (Wildman–Crippen LogP) is 2.78. The molecule has 0 saturated carbocycles. The molecule has 1 N–H and O–H groups in total. The van der Waals surface area contributed by atoms with Gasteiger partial charge < -0.3 is 4.84 Å². The van der Waals surface area contributed by atoms with Crippen molar-refractivity contribution < 1.29 is 14.4 Å². The molecule has 0 fully saturated rings. The maximum atomic E-state index is 11.8. The van der Waals surface area contributed by atoms with Gasteiger partial charge >= 0.3 is 5.97 Å². The fraction of sp³-hybridized carbons (Fsp3) is 0.133. The molecule has 0 atom stereocenters. The van der Waals surface area contributed by atoms with Crippen molar-refractivity contribution in [3.63, 3.8) is 0 Å². The summed E-state index contributed by atoms with van der Waals surface area (Å²) in [5.74, 6) is -0.640. The van der Waals surface area contributed by atoms with Crippen molar-refractivity contribution in [1.82, 2.24) is 4.98 Å². The van der Waals surface area contributed by atoms with Crippen molar-refractivity contribution in [2.75, 3.05) is 5.48 Å². The molecule has 2 aromatic rings. The molecule has 1 heterocycles. The summed E-state index contributed by atoms with van der Waals surface area (Å²) >= 11 is 0. The van der Waals surface area contributed by atoms with Crippen molar-refractivity contribution in [2.45, 2.75) is 13.8 Å². The number of aryl methyl sites for hydroxylation is 1. The summed E-state index contributed by atoms with van der Waals surface area (Å²) in [4.78, 5) is 32.1. The van der Waals surface area contributed by atoms with Gasteiger partial charge in [0.1, 0.15) is 0 Å². The number of carbonyl (C=O) groups excluding carboxylic acids is 2. The van der Waals surface area contributed by atoms with Crippen LogP contribution in [0.5, 0.6) is 0 Å². The van der Waals surface area contributed by atoms with Crippen molar-refractivity contribution >= 4 is 17.4 Å². The second kappa shape index (κ2) is 5.97. The summed E-state index contributed by atoms with van der Waals surface area (Å²) in [6.07, 6.45) is 3.01. The van der Waals surface area contributed by atoms with Gasteiger partial charge in [-0.2, -0.15) is 0 Å². The van der Waals surface area contributed by atoms with Crippen LogP contribution in [0.25, 0.3) is 0 Å². The lowest BCUT2D eigenvalue weighted by molar-refractivity contribution is 0.0595. The average Bonchev–Trinajstić information content (AvgIpc) is 2.46. The van der Waals surface area contributed by atoms with Crippen LogP contribution >= 0.6 is 0 Å². The van der Waals surface area contributed by atoms with E-state index in [9.17, 15) is 9.59 Å². The lowest BCUT2D eigenvalue weighted by Crippen LogP contribution is -2.13. The topological polar surface area (TPSA) is 68.3 Å². The highest BCUT2D eigenvalue weighted by molar-refractivity contribution is 6.00.